The van der Waals surface area contributed by atoms with Crippen LogP contribution in [-0.2, 0) is 11.3 Å². The minimum atomic E-state index is -0.435. The summed E-state index contributed by atoms with van der Waals surface area (Å²) in [6.07, 6.45) is 7.64. The maximum absolute atomic E-state index is 13.1. The number of carbonyl (C=O) groups is 2. The van der Waals surface area contributed by atoms with Crippen LogP contribution in [0.4, 0.5) is 0 Å². The summed E-state index contributed by atoms with van der Waals surface area (Å²) in [5.41, 5.74) is 1.10. The molecular weight excluding hydrogens is 328 g/mol. The van der Waals surface area contributed by atoms with Gasteiger partial charge >= 0.3 is 0 Å². The van der Waals surface area contributed by atoms with E-state index in [2.05, 4.69) is 9.97 Å². The Labute approximate surface area is 152 Å². The number of aromatic nitrogens is 2. The van der Waals surface area contributed by atoms with Crippen molar-refractivity contribution in [3.63, 3.8) is 0 Å². The van der Waals surface area contributed by atoms with E-state index in [-0.39, 0.29) is 11.8 Å². The summed E-state index contributed by atoms with van der Waals surface area (Å²) in [5.74, 6) is 0.0953. The summed E-state index contributed by atoms with van der Waals surface area (Å²) in [5, 5.41) is 0. The largest absolute Gasteiger partial charge is 0.338 e. The number of hydrogen-bond donors (Lipinski definition) is 0. The molecule has 6 nitrogen and oxygen atoms in total. The van der Waals surface area contributed by atoms with Crippen molar-refractivity contribution in [2.45, 2.75) is 25.8 Å². The Morgan fingerprint density at radius 3 is 2.69 bits per heavy atom. The molecule has 1 atom stereocenters. The number of rotatable bonds is 3. The van der Waals surface area contributed by atoms with Crippen LogP contribution in [0.5, 0.6) is 0 Å². The van der Waals surface area contributed by atoms with Crippen LogP contribution in [0, 0.1) is 5.41 Å². The van der Waals surface area contributed by atoms with Crippen molar-refractivity contribution in [1.29, 1.82) is 0 Å². The maximum Gasteiger partial charge on any atom is 0.272 e. The Hall–Kier alpha value is -2.76. The fourth-order valence-electron chi connectivity index (χ4n) is 4.09. The Kier molecular flexibility index (Phi) is 4.41. The fraction of sp³-hybridized carbons (Fsp3) is 0.400. The van der Waals surface area contributed by atoms with Crippen molar-refractivity contribution in [3.8, 4) is 0 Å². The predicted molar refractivity (Wildman–Crippen MR) is 96.1 cm³/mol. The Morgan fingerprint density at radius 2 is 1.92 bits per heavy atom. The minimum Gasteiger partial charge on any atom is -0.338 e. The quantitative estimate of drug-likeness (QED) is 0.851. The molecule has 1 spiro atoms. The Balaban J connectivity index is 1.48. The summed E-state index contributed by atoms with van der Waals surface area (Å²) in [4.78, 5) is 37.8. The third kappa shape index (κ3) is 3.07. The van der Waals surface area contributed by atoms with Crippen LogP contribution in [-0.4, -0.2) is 51.2 Å². The van der Waals surface area contributed by atoms with Gasteiger partial charge in [0.15, 0.2) is 0 Å². The second-order valence-electron chi connectivity index (χ2n) is 7.16. The lowest BCUT2D eigenvalue weighted by Gasteiger charge is -2.38. The van der Waals surface area contributed by atoms with Gasteiger partial charge in [-0.2, -0.15) is 0 Å². The van der Waals surface area contributed by atoms with Crippen LogP contribution in [0.2, 0.25) is 0 Å². The first-order valence-corrected chi connectivity index (χ1v) is 9.07. The molecule has 0 radical (unpaired) electrons. The molecule has 1 unspecified atom stereocenters. The topological polar surface area (TPSA) is 66.4 Å². The van der Waals surface area contributed by atoms with Gasteiger partial charge in [0.05, 0.1) is 5.41 Å². The highest BCUT2D eigenvalue weighted by atomic mass is 16.2. The zero-order valence-corrected chi connectivity index (χ0v) is 14.7. The molecule has 4 rings (SSSR count). The first-order valence-electron chi connectivity index (χ1n) is 9.07. The molecule has 6 heteroatoms. The van der Waals surface area contributed by atoms with E-state index >= 15 is 0 Å². The summed E-state index contributed by atoms with van der Waals surface area (Å²) >= 11 is 0. The molecule has 2 fully saturated rings. The molecule has 2 aromatic heterocycles. The maximum atomic E-state index is 13.1. The lowest BCUT2D eigenvalue weighted by Crippen LogP contribution is -2.49. The first-order chi connectivity index (χ1) is 12.7. The number of piperidine rings is 1. The highest BCUT2D eigenvalue weighted by molar-refractivity contribution is 5.93. The smallest absolute Gasteiger partial charge is 0.272 e. The molecule has 2 aliphatic heterocycles. The number of pyridine rings is 2. The van der Waals surface area contributed by atoms with E-state index in [1.165, 1.54) is 0 Å². The lowest BCUT2D eigenvalue weighted by atomic mass is 9.78. The molecule has 2 saturated heterocycles. The second kappa shape index (κ2) is 6.86. The van der Waals surface area contributed by atoms with Gasteiger partial charge in [-0.1, -0.05) is 6.07 Å². The number of carbonyl (C=O) groups excluding carboxylic acids is 2. The van der Waals surface area contributed by atoms with Crippen LogP contribution in [0.25, 0.3) is 0 Å². The molecule has 2 aromatic rings. The summed E-state index contributed by atoms with van der Waals surface area (Å²) in [7, 11) is 0. The molecule has 0 N–H and O–H groups in total. The van der Waals surface area contributed by atoms with Gasteiger partial charge in [0.25, 0.3) is 5.91 Å². The van der Waals surface area contributed by atoms with E-state index in [0.29, 0.717) is 25.3 Å². The van der Waals surface area contributed by atoms with Gasteiger partial charge in [0.2, 0.25) is 5.91 Å². The number of hydrogen-bond acceptors (Lipinski definition) is 4. The molecule has 134 valence electrons. The van der Waals surface area contributed by atoms with Crippen LogP contribution in [0.3, 0.4) is 0 Å². The van der Waals surface area contributed by atoms with Gasteiger partial charge in [0, 0.05) is 44.8 Å². The molecule has 4 heterocycles. The van der Waals surface area contributed by atoms with Crippen molar-refractivity contribution in [2.75, 3.05) is 19.6 Å². The van der Waals surface area contributed by atoms with Crippen LogP contribution < -0.4 is 0 Å². The van der Waals surface area contributed by atoms with Crippen LogP contribution in [0.1, 0.15) is 35.3 Å². The molecule has 0 aliphatic carbocycles. The third-order valence-corrected chi connectivity index (χ3v) is 5.47. The van der Waals surface area contributed by atoms with Crippen molar-refractivity contribution in [3.05, 3.63) is 60.2 Å². The predicted octanol–water partition coefficient (Wildman–Crippen LogP) is 2.13. The van der Waals surface area contributed by atoms with Gasteiger partial charge in [-0.15, -0.1) is 0 Å². The third-order valence-electron chi connectivity index (χ3n) is 5.47. The van der Waals surface area contributed by atoms with Crippen molar-refractivity contribution < 1.29 is 9.59 Å². The van der Waals surface area contributed by atoms with E-state index in [0.717, 1.165) is 31.4 Å². The molecule has 0 saturated carbocycles. The average molecular weight is 350 g/mol. The average Bonchev–Trinajstić information content (AvgIpc) is 2.98. The normalized spacial score (nSPS) is 22.8. The van der Waals surface area contributed by atoms with E-state index in [1.807, 2.05) is 23.1 Å². The minimum absolute atomic E-state index is 0.0786. The molecule has 0 bridgehead atoms. The number of likely N-dealkylation sites (tertiary alicyclic amines) is 2. The number of amides is 2. The fourth-order valence-corrected chi connectivity index (χ4v) is 4.09. The molecule has 2 amide bonds. The first kappa shape index (κ1) is 16.7. The monoisotopic (exact) mass is 350 g/mol. The Morgan fingerprint density at radius 1 is 1.08 bits per heavy atom. The van der Waals surface area contributed by atoms with E-state index in [9.17, 15) is 9.59 Å². The number of nitrogens with zero attached hydrogens (tertiary/aromatic N) is 4. The molecular formula is C20H22N4O2. The molecule has 0 aromatic carbocycles. The Bertz CT molecular complexity index is 796. The molecule has 26 heavy (non-hydrogen) atoms. The van der Waals surface area contributed by atoms with Gasteiger partial charge < -0.3 is 9.80 Å². The lowest BCUT2D eigenvalue weighted by molar-refractivity contribution is -0.138. The van der Waals surface area contributed by atoms with E-state index in [4.69, 9.17) is 0 Å². The second-order valence-corrected chi connectivity index (χ2v) is 7.16. The highest BCUT2D eigenvalue weighted by Gasteiger charge is 2.49. The van der Waals surface area contributed by atoms with Gasteiger partial charge in [0.1, 0.15) is 5.69 Å². The zero-order chi connectivity index (χ0) is 18.0. The summed E-state index contributed by atoms with van der Waals surface area (Å²) < 4.78 is 0. The van der Waals surface area contributed by atoms with Gasteiger partial charge in [-0.3, -0.25) is 19.6 Å². The van der Waals surface area contributed by atoms with Crippen molar-refractivity contribution in [2.24, 2.45) is 5.41 Å². The van der Waals surface area contributed by atoms with E-state index in [1.54, 1.807) is 35.6 Å². The summed E-state index contributed by atoms with van der Waals surface area (Å²) in [6.45, 7) is 2.53. The van der Waals surface area contributed by atoms with Gasteiger partial charge in [-0.05, 0) is 49.1 Å². The van der Waals surface area contributed by atoms with Crippen LogP contribution >= 0.6 is 0 Å². The summed E-state index contributed by atoms with van der Waals surface area (Å²) in [6, 6.07) is 9.23. The van der Waals surface area contributed by atoms with Crippen LogP contribution in [0.15, 0.2) is 48.9 Å². The van der Waals surface area contributed by atoms with E-state index < -0.39 is 5.41 Å². The standard InChI is InChI=1S/C20H22N4O2/c25-18(17-4-1-2-9-22-17)24-12-3-7-20(15-24)8-13-23(19(20)26)14-16-5-10-21-11-6-16/h1-2,4-6,9-11H,3,7-8,12-15H2. The SMILES string of the molecule is O=C(c1ccccn1)N1CCCC2(CCN(Cc3ccncc3)C2=O)C1. The highest BCUT2D eigenvalue weighted by Crippen LogP contribution is 2.40. The van der Waals surface area contributed by atoms with Gasteiger partial charge in [-0.25, -0.2) is 0 Å². The molecule has 2 aliphatic rings. The van der Waals surface area contributed by atoms with Crippen molar-refractivity contribution in [1.82, 2.24) is 19.8 Å². The van der Waals surface area contributed by atoms with Crippen molar-refractivity contribution >= 4 is 11.8 Å². The zero-order valence-electron chi connectivity index (χ0n) is 14.7.